The van der Waals surface area contributed by atoms with Gasteiger partial charge in [0.2, 0.25) is 0 Å². The van der Waals surface area contributed by atoms with Crippen molar-refractivity contribution in [1.29, 1.82) is 0 Å². The molecular formula is C15H17N3O2S. The third-order valence-electron chi connectivity index (χ3n) is 3.95. The summed E-state index contributed by atoms with van der Waals surface area (Å²) in [4.78, 5) is 33.6. The number of hydrogen-bond acceptors (Lipinski definition) is 5. The lowest BCUT2D eigenvalue weighted by molar-refractivity contribution is 0.0912. The minimum atomic E-state index is -0.137. The van der Waals surface area contributed by atoms with Crippen molar-refractivity contribution in [1.82, 2.24) is 14.5 Å². The molecule has 1 aliphatic rings. The minimum Gasteiger partial charge on any atom is -0.294 e. The molecule has 0 saturated heterocycles. The Balaban J connectivity index is 2.41. The zero-order valence-corrected chi connectivity index (χ0v) is 13.4. The lowest BCUT2D eigenvalue weighted by Crippen LogP contribution is -2.30. The number of fused-ring (bicyclic) bond motifs is 3. The number of aromatic nitrogens is 3. The molecule has 0 saturated carbocycles. The zero-order chi connectivity index (χ0) is 15.4. The van der Waals surface area contributed by atoms with Crippen molar-refractivity contribution in [2.24, 2.45) is 12.5 Å². The highest BCUT2D eigenvalue weighted by Crippen LogP contribution is 2.36. The number of thioether (sulfide) groups is 1. The van der Waals surface area contributed by atoms with Gasteiger partial charge in [-0.2, -0.15) is 0 Å². The van der Waals surface area contributed by atoms with Gasteiger partial charge < -0.3 is 0 Å². The van der Waals surface area contributed by atoms with Gasteiger partial charge in [-0.05, 0) is 23.7 Å². The number of rotatable bonds is 1. The Hall–Kier alpha value is -1.69. The Bertz CT molecular complexity index is 824. The van der Waals surface area contributed by atoms with Gasteiger partial charge in [0, 0.05) is 25.2 Å². The van der Waals surface area contributed by atoms with Gasteiger partial charge in [0.15, 0.2) is 16.6 Å². The summed E-state index contributed by atoms with van der Waals surface area (Å²) in [6.45, 7) is 4.10. The second kappa shape index (κ2) is 4.66. The summed E-state index contributed by atoms with van der Waals surface area (Å²) >= 11 is 1.41. The lowest BCUT2D eigenvalue weighted by Gasteiger charge is -2.30. The molecule has 0 fully saturated rings. The second-order valence-corrected chi connectivity index (χ2v) is 7.03. The summed E-state index contributed by atoms with van der Waals surface area (Å²) in [7, 11) is 1.70. The SMILES string of the molecule is CSc1nc2ncc3c(c2c(=O)n1C)CC(C)(C)CC3=O. The number of Topliss-reactive ketones (excluding diaryl/α,β-unsaturated/α-hetero) is 1. The summed E-state index contributed by atoms with van der Waals surface area (Å²) in [5.74, 6) is 0.0617. The maximum Gasteiger partial charge on any atom is 0.263 e. The van der Waals surface area contributed by atoms with Crippen LogP contribution in [0.1, 0.15) is 36.2 Å². The molecule has 0 radical (unpaired) electrons. The van der Waals surface area contributed by atoms with E-state index in [4.69, 9.17) is 0 Å². The molecule has 2 aromatic rings. The first-order valence-corrected chi connectivity index (χ1v) is 8.02. The van der Waals surface area contributed by atoms with Crippen molar-refractivity contribution in [3.05, 3.63) is 27.7 Å². The van der Waals surface area contributed by atoms with E-state index in [1.807, 2.05) is 20.1 Å². The highest BCUT2D eigenvalue weighted by Gasteiger charge is 2.33. The van der Waals surface area contributed by atoms with Gasteiger partial charge in [0.05, 0.1) is 5.39 Å². The third-order valence-corrected chi connectivity index (χ3v) is 4.68. The van der Waals surface area contributed by atoms with Crippen molar-refractivity contribution >= 4 is 28.6 Å². The molecule has 2 heterocycles. The summed E-state index contributed by atoms with van der Waals surface area (Å²) in [6.07, 6.45) is 4.64. The maximum absolute atomic E-state index is 12.7. The number of hydrogen-bond donors (Lipinski definition) is 0. The van der Waals surface area contributed by atoms with E-state index in [-0.39, 0.29) is 16.8 Å². The van der Waals surface area contributed by atoms with Gasteiger partial charge in [-0.15, -0.1) is 0 Å². The normalized spacial score (nSPS) is 17.0. The number of pyridine rings is 1. The molecule has 0 unspecified atom stereocenters. The molecule has 6 heteroatoms. The molecule has 110 valence electrons. The van der Waals surface area contributed by atoms with Gasteiger partial charge in [0.25, 0.3) is 5.56 Å². The highest BCUT2D eigenvalue weighted by atomic mass is 32.2. The van der Waals surface area contributed by atoms with Crippen molar-refractivity contribution < 1.29 is 4.79 Å². The van der Waals surface area contributed by atoms with Crippen molar-refractivity contribution in [3.63, 3.8) is 0 Å². The Morgan fingerprint density at radius 1 is 1.29 bits per heavy atom. The molecule has 2 aromatic heterocycles. The van der Waals surface area contributed by atoms with Crippen LogP contribution < -0.4 is 5.56 Å². The summed E-state index contributed by atoms with van der Waals surface area (Å²) in [5.41, 5.74) is 1.56. The van der Waals surface area contributed by atoms with Crippen molar-refractivity contribution in [2.45, 2.75) is 31.8 Å². The van der Waals surface area contributed by atoms with Gasteiger partial charge >= 0.3 is 0 Å². The van der Waals surface area contributed by atoms with Crippen molar-refractivity contribution in [3.8, 4) is 0 Å². The number of carbonyl (C=O) groups excluding carboxylic acids is 1. The Morgan fingerprint density at radius 2 is 2.00 bits per heavy atom. The van der Waals surface area contributed by atoms with E-state index in [2.05, 4.69) is 9.97 Å². The van der Waals surface area contributed by atoms with E-state index in [9.17, 15) is 9.59 Å². The van der Waals surface area contributed by atoms with E-state index < -0.39 is 0 Å². The van der Waals surface area contributed by atoms with Crippen LogP contribution in [0.15, 0.2) is 16.1 Å². The van der Waals surface area contributed by atoms with Crippen LogP contribution in [0.25, 0.3) is 11.0 Å². The van der Waals surface area contributed by atoms with Crippen LogP contribution in [-0.2, 0) is 13.5 Å². The van der Waals surface area contributed by atoms with Crippen LogP contribution in [0.2, 0.25) is 0 Å². The summed E-state index contributed by atoms with van der Waals surface area (Å²) in [5, 5.41) is 1.12. The molecule has 5 nitrogen and oxygen atoms in total. The molecule has 0 spiro atoms. The average Bonchev–Trinajstić information content (AvgIpc) is 2.40. The predicted molar refractivity (Wildman–Crippen MR) is 83.0 cm³/mol. The number of ketones is 1. The van der Waals surface area contributed by atoms with E-state index in [0.29, 0.717) is 34.6 Å². The molecule has 21 heavy (non-hydrogen) atoms. The molecule has 0 amide bonds. The molecule has 0 N–H and O–H groups in total. The van der Waals surface area contributed by atoms with Gasteiger partial charge in [0.1, 0.15) is 0 Å². The monoisotopic (exact) mass is 303 g/mol. The molecule has 0 atom stereocenters. The van der Waals surface area contributed by atoms with Gasteiger partial charge in [-0.1, -0.05) is 25.6 Å². The first kappa shape index (κ1) is 14.3. The van der Waals surface area contributed by atoms with E-state index >= 15 is 0 Å². The first-order chi connectivity index (χ1) is 9.84. The molecule has 3 rings (SSSR count). The quantitative estimate of drug-likeness (QED) is 0.597. The first-order valence-electron chi connectivity index (χ1n) is 6.80. The van der Waals surface area contributed by atoms with E-state index in [0.717, 1.165) is 5.56 Å². The standard InChI is InChI=1S/C15H17N3O2S/c1-15(2)5-8-9(10(19)6-15)7-16-12-11(8)13(20)18(3)14(17-12)21-4/h7H,5-6H2,1-4H3. The minimum absolute atomic E-state index is 0.0617. The van der Waals surface area contributed by atoms with Gasteiger partial charge in [-0.3, -0.25) is 14.2 Å². The molecule has 0 aromatic carbocycles. The average molecular weight is 303 g/mol. The van der Waals surface area contributed by atoms with Crippen LogP contribution >= 0.6 is 11.8 Å². The second-order valence-electron chi connectivity index (χ2n) is 6.25. The Kier molecular flexibility index (Phi) is 3.16. The molecule has 0 bridgehead atoms. The van der Waals surface area contributed by atoms with Crippen LogP contribution in [-0.4, -0.2) is 26.6 Å². The largest absolute Gasteiger partial charge is 0.294 e. The molecule has 0 aliphatic heterocycles. The summed E-state index contributed by atoms with van der Waals surface area (Å²) < 4.78 is 1.53. The van der Waals surface area contributed by atoms with Gasteiger partial charge in [-0.25, -0.2) is 9.97 Å². The maximum atomic E-state index is 12.7. The predicted octanol–water partition coefficient (Wildman–Crippen LogP) is 2.21. The van der Waals surface area contributed by atoms with Crippen LogP contribution in [0.5, 0.6) is 0 Å². The fourth-order valence-electron chi connectivity index (χ4n) is 2.94. The summed E-state index contributed by atoms with van der Waals surface area (Å²) in [6, 6.07) is 0. The fourth-order valence-corrected chi connectivity index (χ4v) is 3.48. The topological polar surface area (TPSA) is 64.8 Å². The zero-order valence-electron chi connectivity index (χ0n) is 12.6. The molecular weight excluding hydrogens is 286 g/mol. The van der Waals surface area contributed by atoms with Crippen LogP contribution in [0.3, 0.4) is 0 Å². The Labute approximate surface area is 126 Å². The fraction of sp³-hybridized carbons (Fsp3) is 0.467. The molecule has 1 aliphatic carbocycles. The lowest BCUT2D eigenvalue weighted by atomic mass is 9.73. The smallest absolute Gasteiger partial charge is 0.263 e. The van der Waals surface area contributed by atoms with E-state index in [1.165, 1.54) is 16.3 Å². The number of carbonyl (C=O) groups is 1. The van der Waals surface area contributed by atoms with E-state index in [1.54, 1.807) is 13.2 Å². The van der Waals surface area contributed by atoms with Crippen LogP contribution in [0, 0.1) is 5.41 Å². The number of nitrogens with zero attached hydrogens (tertiary/aromatic N) is 3. The highest BCUT2D eigenvalue weighted by molar-refractivity contribution is 7.98. The van der Waals surface area contributed by atoms with Crippen molar-refractivity contribution in [2.75, 3.05) is 6.26 Å². The third kappa shape index (κ3) is 2.18. The van der Waals surface area contributed by atoms with Crippen LogP contribution in [0.4, 0.5) is 0 Å². The Morgan fingerprint density at radius 3 is 2.67 bits per heavy atom.